The average Bonchev–Trinajstić information content (AvgIpc) is 2.98. The first-order valence-corrected chi connectivity index (χ1v) is 6.31. The van der Waals surface area contributed by atoms with Crippen LogP contribution in [0.4, 0.5) is 0 Å². The number of aliphatic hydroxyl groups excluding tert-OH is 2. The van der Waals surface area contributed by atoms with Crippen molar-refractivity contribution in [3.8, 4) is 5.69 Å². The summed E-state index contributed by atoms with van der Waals surface area (Å²) in [6.45, 7) is 2.18. The Bertz CT molecular complexity index is 482. The Hall–Kier alpha value is -1.69. The summed E-state index contributed by atoms with van der Waals surface area (Å²) in [7, 11) is 0. The summed E-state index contributed by atoms with van der Waals surface area (Å²) in [6.07, 6.45) is 4.68. The van der Waals surface area contributed by atoms with E-state index in [4.69, 9.17) is 5.11 Å². The van der Waals surface area contributed by atoms with E-state index < -0.39 is 6.10 Å². The highest BCUT2D eigenvalue weighted by molar-refractivity contribution is 5.35. The van der Waals surface area contributed by atoms with Gasteiger partial charge in [-0.2, -0.15) is 0 Å². The number of aromatic nitrogens is 2. The normalized spacial score (nSPS) is 14.3. The van der Waals surface area contributed by atoms with Crippen LogP contribution in [0.5, 0.6) is 0 Å². The van der Waals surface area contributed by atoms with Crippen molar-refractivity contribution in [2.45, 2.75) is 19.1 Å². The summed E-state index contributed by atoms with van der Waals surface area (Å²) >= 11 is 0. The Morgan fingerprint density at radius 3 is 2.63 bits per heavy atom. The maximum absolute atomic E-state index is 9.30. The summed E-state index contributed by atoms with van der Waals surface area (Å²) in [4.78, 5) is 4.01. The van der Waals surface area contributed by atoms with Gasteiger partial charge in [-0.05, 0) is 24.6 Å². The molecule has 0 aliphatic carbocycles. The molecule has 0 bridgehead atoms. The van der Waals surface area contributed by atoms with E-state index in [-0.39, 0.29) is 12.6 Å². The highest BCUT2D eigenvalue weighted by atomic mass is 16.3. The molecule has 2 rings (SSSR count). The molecule has 5 nitrogen and oxygen atoms in total. The zero-order valence-corrected chi connectivity index (χ0v) is 10.9. The number of nitrogens with zero attached hydrogens (tertiary/aromatic N) is 2. The van der Waals surface area contributed by atoms with E-state index in [0.717, 1.165) is 11.3 Å². The molecule has 0 radical (unpaired) electrons. The van der Waals surface area contributed by atoms with E-state index in [1.54, 1.807) is 12.5 Å². The van der Waals surface area contributed by atoms with Crippen molar-refractivity contribution in [2.24, 2.45) is 0 Å². The molecule has 2 aromatic rings. The minimum absolute atomic E-state index is 0.123. The lowest BCUT2D eigenvalue weighted by molar-refractivity contribution is 0.0924. The van der Waals surface area contributed by atoms with Gasteiger partial charge >= 0.3 is 0 Å². The third-order valence-corrected chi connectivity index (χ3v) is 3.07. The molecule has 1 aromatic carbocycles. The smallest absolute Gasteiger partial charge is 0.0991 e. The third kappa shape index (κ3) is 3.64. The van der Waals surface area contributed by atoms with E-state index in [1.807, 2.05) is 42.0 Å². The van der Waals surface area contributed by atoms with Crippen LogP contribution in [0.3, 0.4) is 0 Å². The van der Waals surface area contributed by atoms with Gasteiger partial charge in [0.05, 0.1) is 19.0 Å². The van der Waals surface area contributed by atoms with Crippen molar-refractivity contribution in [1.82, 2.24) is 14.9 Å². The predicted octanol–water partition coefficient (Wildman–Crippen LogP) is 0.876. The molecular weight excluding hydrogens is 242 g/mol. The largest absolute Gasteiger partial charge is 0.394 e. The predicted molar refractivity (Wildman–Crippen MR) is 73.1 cm³/mol. The molecule has 0 aliphatic rings. The molecule has 3 N–H and O–H groups in total. The average molecular weight is 261 g/mol. The Labute approximate surface area is 112 Å². The van der Waals surface area contributed by atoms with Crippen molar-refractivity contribution in [3.63, 3.8) is 0 Å². The van der Waals surface area contributed by atoms with Gasteiger partial charge in [0, 0.05) is 30.7 Å². The molecule has 0 unspecified atom stereocenters. The second kappa shape index (κ2) is 6.47. The van der Waals surface area contributed by atoms with Crippen LogP contribution in [0.25, 0.3) is 5.69 Å². The fourth-order valence-electron chi connectivity index (χ4n) is 1.84. The summed E-state index contributed by atoms with van der Waals surface area (Å²) in [6, 6.07) is 8.25. The van der Waals surface area contributed by atoms with Gasteiger partial charge in [-0.1, -0.05) is 12.1 Å². The number of hydrogen-bond donors (Lipinski definition) is 3. The molecule has 0 fully saturated rings. The summed E-state index contributed by atoms with van der Waals surface area (Å²) in [5.74, 6) is 0. The zero-order valence-electron chi connectivity index (χ0n) is 10.9. The molecule has 102 valence electrons. The first-order valence-electron chi connectivity index (χ1n) is 6.31. The molecule has 0 saturated heterocycles. The van der Waals surface area contributed by atoms with Crippen molar-refractivity contribution in [3.05, 3.63) is 48.5 Å². The fraction of sp³-hybridized carbons (Fsp3) is 0.357. The van der Waals surface area contributed by atoms with E-state index >= 15 is 0 Å². The van der Waals surface area contributed by atoms with E-state index in [0.29, 0.717) is 6.54 Å². The van der Waals surface area contributed by atoms with Crippen molar-refractivity contribution in [1.29, 1.82) is 0 Å². The third-order valence-electron chi connectivity index (χ3n) is 3.07. The molecule has 5 heteroatoms. The molecule has 0 aliphatic heterocycles. The molecular formula is C14H19N3O2. The van der Waals surface area contributed by atoms with Crippen LogP contribution in [0.15, 0.2) is 43.0 Å². The molecule has 1 heterocycles. The SMILES string of the molecule is C[C@@H](NC[C@@H](O)CO)c1ccc(-n2ccnc2)cc1. The first-order chi connectivity index (χ1) is 9.20. The van der Waals surface area contributed by atoms with Gasteiger partial charge in [0.2, 0.25) is 0 Å². The minimum Gasteiger partial charge on any atom is -0.394 e. The van der Waals surface area contributed by atoms with Gasteiger partial charge in [0.15, 0.2) is 0 Å². The number of rotatable bonds is 6. The summed E-state index contributed by atoms with van der Waals surface area (Å²) in [5, 5.41) is 21.2. The lowest BCUT2D eigenvalue weighted by atomic mass is 10.1. The number of hydrogen-bond acceptors (Lipinski definition) is 4. The van der Waals surface area contributed by atoms with Crippen LogP contribution < -0.4 is 5.32 Å². The topological polar surface area (TPSA) is 70.3 Å². The second-order valence-electron chi connectivity index (χ2n) is 4.53. The molecule has 19 heavy (non-hydrogen) atoms. The van der Waals surface area contributed by atoms with Gasteiger partial charge in [-0.25, -0.2) is 4.98 Å². The molecule has 1 aromatic heterocycles. The number of nitrogens with one attached hydrogen (secondary N) is 1. The first kappa shape index (κ1) is 13.7. The van der Waals surface area contributed by atoms with Crippen molar-refractivity contribution in [2.75, 3.05) is 13.2 Å². The maximum atomic E-state index is 9.30. The second-order valence-corrected chi connectivity index (χ2v) is 4.53. The lowest BCUT2D eigenvalue weighted by Crippen LogP contribution is -2.31. The van der Waals surface area contributed by atoms with Crippen LogP contribution in [0, 0.1) is 0 Å². The quantitative estimate of drug-likeness (QED) is 0.722. The lowest BCUT2D eigenvalue weighted by Gasteiger charge is -2.16. The summed E-state index contributed by atoms with van der Waals surface area (Å²) in [5.41, 5.74) is 2.19. The highest BCUT2D eigenvalue weighted by Gasteiger charge is 2.08. The van der Waals surface area contributed by atoms with Gasteiger partial charge in [0.1, 0.15) is 0 Å². The fourth-order valence-corrected chi connectivity index (χ4v) is 1.84. The monoisotopic (exact) mass is 261 g/mol. The van der Waals surface area contributed by atoms with Crippen LogP contribution in [-0.2, 0) is 0 Å². The van der Waals surface area contributed by atoms with Gasteiger partial charge in [-0.3, -0.25) is 0 Å². The van der Waals surface area contributed by atoms with Gasteiger partial charge in [-0.15, -0.1) is 0 Å². The van der Waals surface area contributed by atoms with E-state index in [2.05, 4.69) is 10.3 Å². The number of benzene rings is 1. The standard InChI is InChI=1S/C14H19N3O2/c1-11(16-8-14(19)9-18)12-2-4-13(5-3-12)17-7-6-15-10-17/h2-7,10-11,14,16,18-19H,8-9H2,1H3/t11-,14-/m1/s1. The Morgan fingerprint density at radius 1 is 1.32 bits per heavy atom. The van der Waals surface area contributed by atoms with Crippen molar-refractivity contribution < 1.29 is 10.2 Å². The maximum Gasteiger partial charge on any atom is 0.0991 e. The zero-order chi connectivity index (χ0) is 13.7. The van der Waals surface area contributed by atoms with E-state index in [1.165, 1.54) is 0 Å². The molecule has 0 spiro atoms. The van der Waals surface area contributed by atoms with Crippen molar-refractivity contribution >= 4 is 0 Å². The molecule has 0 amide bonds. The Balaban J connectivity index is 1.98. The Morgan fingerprint density at radius 2 is 2.05 bits per heavy atom. The number of imidazole rings is 1. The van der Waals surface area contributed by atoms with Crippen LogP contribution >= 0.6 is 0 Å². The van der Waals surface area contributed by atoms with Crippen LogP contribution in [-0.4, -0.2) is 39.0 Å². The molecule has 0 saturated carbocycles. The molecule has 2 atom stereocenters. The Kier molecular flexibility index (Phi) is 4.68. The van der Waals surface area contributed by atoms with Crippen LogP contribution in [0.1, 0.15) is 18.5 Å². The van der Waals surface area contributed by atoms with Gasteiger partial charge < -0.3 is 20.1 Å². The van der Waals surface area contributed by atoms with E-state index in [9.17, 15) is 5.11 Å². The highest BCUT2D eigenvalue weighted by Crippen LogP contribution is 2.15. The summed E-state index contributed by atoms with van der Waals surface area (Å²) < 4.78 is 1.94. The minimum atomic E-state index is -0.715. The number of aliphatic hydroxyl groups is 2. The van der Waals surface area contributed by atoms with Crippen LogP contribution in [0.2, 0.25) is 0 Å². The van der Waals surface area contributed by atoms with Gasteiger partial charge in [0.25, 0.3) is 0 Å².